The minimum Gasteiger partial charge on any atom is -0.497 e. The average Bonchev–Trinajstić information content (AvgIpc) is 2.39. The fourth-order valence-corrected chi connectivity index (χ4v) is 1.94. The summed E-state index contributed by atoms with van der Waals surface area (Å²) in [6, 6.07) is 7.69. The topological polar surface area (TPSA) is 29.5 Å². The molecule has 0 bridgehead atoms. The number of Topliss-reactive ketones (excluding diaryl/α,β-unsaturated/α-hetero) is 1. The highest BCUT2D eigenvalue weighted by molar-refractivity contribution is 5.82. The molecule has 100 valence electrons. The molecule has 0 aliphatic carbocycles. The first-order chi connectivity index (χ1) is 8.69. The standard InChI is InChI=1S/C15H23NO2/c1-4-10-16(5-2)12-14(17)11-13-6-8-15(18-3)9-7-13/h6-9H,4-5,10-12H2,1-3H3. The van der Waals surface area contributed by atoms with Gasteiger partial charge in [0.25, 0.3) is 0 Å². The first-order valence-corrected chi connectivity index (χ1v) is 6.56. The molecule has 0 spiro atoms. The molecular weight excluding hydrogens is 226 g/mol. The minimum atomic E-state index is 0.274. The number of methoxy groups -OCH3 is 1. The normalized spacial score (nSPS) is 10.7. The summed E-state index contributed by atoms with van der Waals surface area (Å²) in [7, 11) is 1.64. The number of ketones is 1. The van der Waals surface area contributed by atoms with Crippen LogP contribution in [-0.4, -0.2) is 37.4 Å². The predicted octanol–water partition coefficient (Wildman–Crippen LogP) is 2.54. The zero-order valence-electron chi connectivity index (χ0n) is 11.6. The molecule has 0 atom stereocenters. The number of hydrogen-bond donors (Lipinski definition) is 0. The fourth-order valence-electron chi connectivity index (χ4n) is 1.94. The molecule has 1 aromatic rings. The van der Waals surface area contributed by atoms with Gasteiger partial charge in [-0.25, -0.2) is 0 Å². The maximum atomic E-state index is 11.9. The third kappa shape index (κ3) is 4.88. The van der Waals surface area contributed by atoms with Gasteiger partial charge in [0, 0.05) is 6.42 Å². The van der Waals surface area contributed by atoms with Gasteiger partial charge in [0.2, 0.25) is 0 Å². The van der Waals surface area contributed by atoms with E-state index in [4.69, 9.17) is 4.74 Å². The molecule has 0 unspecified atom stereocenters. The van der Waals surface area contributed by atoms with Crippen molar-refractivity contribution in [1.29, 1.82) is 0 Å². The molecule has 0 saturated carbocycles. The van der Waals surface area contributed by atoms with Crippen LogP contribution in [0.1, 0.15) is 25.8 Å². The second-order valence-corrected chi connectivity index (χ2v) is 4.43. The monoisotopic (exact) mass is 249 g/mol. The van der Waals surface area contributed by atoms with Gasteiger partial charge in [0.05, 0.1) is 13.7 Å². The second-order valence-electron chi connectivity index (χ2n) is 4.43. The Bertz CT molecular complexity index is 359. The van der Waals surface area contributed by atoms with Gasteiger partial charge in [0.15, 0.2) is 5.78 Å². The third-order valence-corrected chi connectivity index (χ3v) is 2.95. The van der Waals surface area contributed by atoms with Crippen molar-refractivity contribution >= 4 is 5.78 Å². The molecule has 0 aliphatic rings. The summed E-state index contributed by atoms with van der Waals surface area (Å²) in [6.45, 7) is 6.70. The molecule has 0 amide bonds. The van der Waals surface area contributed by atoms with Crippen LogP contribution in [0.3, 0.4) is 0 Å². The van der Waals surface area contributed by atoms with E-state index in [9.17, 15) is 4.79 Å². The first-order valence-electron chi connectivity index (χ1n) is 6.56. The van der Waals surface area contributed by atoms with E-state index in [0.29, 0.717) is 13.0 Å². The zero-order chi connectivity index (χ0) is 13.4. The molecule has 1 aromatic carbocycles. The molecule has 3 heteroatoms. The lowest BCUT2D eigenvalue weighted by atomic mass is 10.1. The van der Waals surface area contributed by atoms with Gasteiger partial charge in [-0.05, 0) is 37.2 Å². The highest BCUT2D eigenvalue weighted by Crippen LogP contribution is 2.12. The zero-order valence-corrected chi connectivity index (χ0v) is 11.6. The van der Waals surface area contributed by atoms with Crippen LogP contribution in [0, 0.1) is 0 Å². The van der Waals surface area contributed by atoms with E-state index >= 15 is 0 Å². The largest absolute Gasteiger partial charge is 0.497 e. The summed E-state index contributed by atoms with van der Waals surface area (Å²) < 4.78 is 5.09. The summed E-state index contributed by atoms with van der Waals surface area (Å²) >= 11 is 0. The number of nitrogens with zero attached hydrogens (tertiary/aromatic N) is 1. The van der Waals surface area contributed by atoms with Crippen molar-refractivity contribution in [3.8, 4) is 5.75 Å². The Morgan fingerprint density at radius 1 is 1.22 bits per heavy atom. The Labute approximate surface area is 110 Å². The Morgan fingerprint density at radius 2 is 1.89 bits per heavy atom. The van der Waals surface area contributed by atoms with E-state index in [1.54, 1.807) is 7.11 Å². The summed E-state index contributed by atoms with van der Waals surface area (Å²) in [5.41, 5.74) is 1.05. The quantitative estimate of drug-likeness (QED) is 0.709. The number of ether oxygens (including phenoxy) is 1. The fraction of sp³-hybridized carbons (Fsp3) is 0.533. The lowest BCUT2D eigenvalue weighted by Crippen LogP contribution is -2.31. The predicted molar refractivity (Wildman–Crippen MR) is 74.1 cm³/mol. The van der Waals surface area contributed by atoms with Crippen molar-refractivity contribution in [3.05, 3.63) is 29.8 Å². The Hall–Kier alpha value is -1.35. The van der Waals surface area contributed by atoms with E-state index in [-0.39, 0.29) is 5.78 Å². The Balaban J connectivity index is 2.47. The molecule has 1 rings (SSSR count). The van der Waals surface area contributed by atoms with Gasteiger partial charge >= 0.3 is 0 Å². The van der Waals surface area contributed by atoms with Gasteiger partial charge in [-0.1, -0.05) is 26.0 Å². The van der Waals surface area contributed by atoms with Gasteiger partial charge < -0.3 is 4.74 Å². The molecule has 0 radical (unpaired) electrons. The van der Waals surface area contributed by atoms with E-state index < -0.39 is 0 Å². The van der Waals surface area contributed by atoms with Crippen molar-refractivity contribution in [2.24, 2.45) is 0 Å². The lowest BCUT2D eigenvalue weighted by Gasteiger charge is -2.18. The lowest BCUT2D eigenvalue weighted by molar-refractivity contribution is -0.119. The smallest absolute Gasteiger partial charge is 0.151 e. The molecule has 0 N–H and O–H groups in total. The maximum absolute atomic E-state index is 11.9. The number of carbonyl (C=O) groups excluding carboxylic acids is 1. The van der Waals surface area contributed by atoms with Crippen molar-refractivity contribution in [2.75, 3.05) is 26.7 Å². The number of rotatable bonds is 8. The van der Waals surface area contributed by atoms with Crippen LogP contribution >= 0.6 is 0 Å². The molecule has 0 aromatic heterocycles. The van der Waals surface area contributed by atoms with E-state index in [1.165, 1.54) is 0 Å². The second kappa shape index (κ2) is 7.88. The van der Waals surface area contributed by atoms with Gasteiger partial charge in [0.1, 0.15) is 5.75 Å². The van der Waals surface area contributed by atoms with Crippen molar-refractivity contribution in [3.63, 3.8) is 0 Å². The average molecular weight is 249 g/mol. The van der Waals surface area contributed by atoms with Gasteiger partial charge in [-0.2, -0.15) is 0 Å². The highest BCUT2D eigenvalue weighted by Gasteiger charge is 2.09. The highest BCUT2D eigenvalue weighted by atomic mass is 16.5. The molecule has 0 heterocycles. The van der Waals surface area contributed by atoms with Crippen molar-refractivity contribution < 1.29 is 9.53 Å². The molecule has 0 aliphatic heterocycles. The van der Waals surface area contributed by atoms with Crippen molar-refractivity contribution in [1.82, 2.24) is 4.90 Å². The minimum absolute atomic E-state index is 0.274. The van der Waals surface area contributed by atoms with E-state index in [1.807, 2.05) is 24.3 Å². The van der Waals surface area contributed by atoms with Crippen LogP contribution in [0.15, 0.2) is 24.3 Å². The van der Waals surface area contributed by atoms with Crippen LogP contribution in [0.25, 0.3) is 0 Å². The number of carbonyl (C=O) groups is 1. The number of hydrogen-bond acceptors (Lipinski definition) is 3. The first kappa shape index (κ1) is 14.7. The maximum Gasteiger partial charge on any atom is 0.151 e. The molecule has 0 saturated heterocycles. The number of likely N-dealkylation sites (N-methyl/N-ethyl adjacent to an activating group) is 1. The molecule has 0 fully saturated rings. The van der Waals surface area contributed by atoms with Crippen LogP contribution < -0.4 is 4.74 Å². The summed E-state index contributed by atoms with van der Waals surface area (Å²) in [5.74, 6) is 1.10. The van der Waals surface area contributed by atoms with Crippen molar-refractivity contribution in [2.45, 2.75) is 26.7 Å². The summed E-state index contributed by atoms with van der Waals surface area (Å²) in [4.78, 5) is 14.1. The molecular formula is C15H23NO2. The summed E-state index contributed by atoms with van der Waals surface area (Å²) in [6.07, 6.45) is 1.59. The van der Waals surface area contributed by atoms with Crippen LogP contribution in [0.5, 0.6) is 5.75 Å². The van der Waals surface area contributed by atoms with Gasteiger partial charge in [-0.15, -0.1) is 0 Å². The Morgan fingerprint density at radius 3 is 2.39 bits per heavy atom. The third-order valence-electron chi connectivity index (χ3n) is 2.95. The van der Waals surface area contributed by atoms with Crippen LogP contribution in [-0.2, 0) is 11.2 Å². The van der Waals surface area contributed by atoms with E-state index in [2.05, 4.69) is 18.7 Å². The summed E-state index contributed by atoms with van der Waals surface area (Å²) in [5, 5.41) is 0. The number of benzene rings is 1. The SMILES string of the molecule is CCCN(CC)CC(=O)Cc1ccc(OC)cc1. The van der Waals surface area contributed by atoms with Crippen LogP contribution in [0.2, 0.25) is 0 Å². The molecule has 3 nitrogen and oxygen atoms in total. The van der Waals surface area contributed by atoms with Crippen LogP contribution in [0.4, 0.5) is 0 Å². The Kier molecular flexibility index (Phi) is 6.44. The molecule has 18 heavy (non-hydrogen) atoms. The van der Waals surface area contributed by atoms with E-state index in [0.717, 1.165) is 30.8 Å². The van der Waals surface area contributed by atoms with Gasteiger partial charge in [-0.3, -0.25) is 9.69 Å².